The SMILES string of the molecule is COc1ccc(/C=C2/SC(=S)N(C3CCS(=O)(=O)C3)C2=O)cc1OC. The van der Waals surface area contributed by atoms with Crippen LogP contribution in [0.25, 0.3) is 6.08 Å². The molecule has 0 saturated carbocycles. The third-order valence-corrected chi connectivity index (χ3v) is 7.18. The fourth-order valence-electron chi connectivity index (χ4n) is 2.87. The summed E-state index contributed by atoms with van der Waals surface area (Å²) in [4.78, 5) is 14.6. The van der Waals surface area contributed by atoms with Crippen molar-refractivity contribution in [2.24, 2.45) is 0 Å². The number of hydrogen-bond acceptors (Lipinski definition) is 7. The highest BCUT2D eigenvalue weighted by Crippen LogP contribution is 2.37. The minimum absolute atomic E-state index is 0.0247. The predicted molar refractivity (Wildman–Crippen MR) is 102 cm³/mol. The fourth-order valence-corrected chi connectivity index (χ4v) is 5.97. The predicted octanol–water partition coefficient (Wildman–Crippen LogP) is 2.09. The minimum atomic E-state index is -3.09. The minimum Gasteiger partial charge on any atom is -0.493 e. The Balaban J connectivity index is 1.86. The van der Waals surface area contributed by atoms with Crippen LogP contribution in [0.1, 0.15) is 12.0 Å². The highest BCUT2D eigenvalue weighted by Gasteiger charge is 2.42. The summed E-state index contributed by atoms with van der Waals surface area (Å²) in [5.41, 5.74) is 0.775. The Kier molecular flexibility index (Phi) is 5.08. The van der Waals surface area contributed by atoms with Gasteiger partial charge in [-0.25, -0.2) is 8.42 Å². The molecule has 0 N–H and O–H groups in total. The van der Waals surface area contributed by atoms with Gasteiger partial charge in [-0.15, -0.1) is 0 Å². The van der Waals surface area contributed by atoms with Gasteiger partial charge >= 0.3 is 0 Å². The molecule has 9 heteroatoms. The summed E-state index contributed by atoms with van der Waals surface area (Å²) in [5, 5.41) is 0. The van der Waals surface area contributed by atoms with Crippen molar-refractivity contribution in [1.29, 1.82) is 0 Å². The Labute approximate surface area is 156 Å². The van der Waals surface area contributed by atoms with Gasteiger partial charge in [0.05, 0.1) is 36.7 Å². The molecule has 2 fully saturated rings. The Morgan fingerprint density at radius 3 is 2.60 bits per heavy atom. The second-order valence-corrected chi connectivity index (χ2v) is 9.63. The van der Waals surface area contributed by atoms with Gasteiger partial charge in [0.1, 0.15) is 4.32 Å². The molecule has 2 aliphatic rings. The zero-order chi connectivity index (χ0) is 18.2. The molecular formula is C16H17NO5S3. The molecule has 0 aliphatic carbocycles. The van der Waals surface area contributed by atoms with E-state index in [2.05, 4.69) is 0 Å². The monoisotopic (exact) mass is 399 g/mol. The summed E-state index contributed by atoms with van der Waals surface area (Å²) in [5.74, 6) is 0.996. The van der Waals surface area contributed by atoms with Crippen molar-refractivity contribution in [2.45, 2.75) is 12.5 Å². The van der Waals surface area contributed by atoms with E-state index < -0.39 is 9.84 Å². The van der Waals surface area contributed by atoms with Crippen LogP contribution in [-0.2, 0) is 14.6 Å². The van der Waals surface area contributed by atoms with E-state index in [0.717, 1.165) is 5.56 Å². The number of methoxy groups -OCH3 is 2. The number of carbonyl (C=O) groups excluding carboxylic acids is 1. The second-order valence-electron chi connectivity index (χ2n) is 5.72. The summed E-state index contributed by atoms with van der Waals surface area (Å²) < 4.78 is 34.2. The van der Waals surface area contributed by atoms with Crippen molar-refractivity contribution in [3.63, 3.8) is 0 Å². The maximum absolute atomic E-state index is 12.7. The first-order chi connectivity index (χ1) is 11.8. The van der Waals surface area contributed by atoms with Crippen LogP contribution >= 0.6 is 24.0 Å². The first-order valence-electron chi connectivity index (χ1n) is 7.54. The molecule has 1 aromatic rings. The van der Waals surface area contributed by atoms with Gasteiger partial charge in [0.15, 0.2) is 21.3 Å². The Hall–Kier alpha value is -1.58. The molecule has 0 bridgehead atoms. The topological polar surface area (TPSA) is 72.9 Å². The van der Waals surface area contributed by atoms with E-state index in [0.29, 0.717) is 27.1 Å². The van der Waals surface area contributed by atoms with Gasteiger partial charge in [0.2, 0.25) is 0 Å². The number of nitrogens with zero attached hydrogens (tertiary/aromatic N) is 1. The van der Waals surface area contributed by atoms with Crippen LogP contribution in [0.5, 0.6) is 11.5 Å². The number of amides is 1. The van der Waals surface area contributed by atoms with Crippen molar-refractivity contribution in [3.05, 3.63) is 28.7 Å². The molecule has 3 rings (SSSR count). The van der Waals surface area contributed by atoms with E-state index in [4.69, 9.17) is 21.7 Å². The molecule has 1 aromatic carbocycles. The Morgan fingerprint density at radius 2 is 2.00 bits per heavy atom. The van der Waals surface area contributed by atoms with Gasteiger partial charge < -0.3 is 9.47 Å². The van der Waals surface area contributed by atoms with Crippen LogP contribution < -0.4 is 9.47 Å². The highest BCUT2D eigenvalue weighted by atomic mass is 32.2. The van der Waals surface area contributed by atoms with Crippen LogP contribution in [0.2, 0.25) is 0 Å². The summed E-state index contributed by atoms with van der Waals surface area (Å²) >= 11 is 6.49. The van der Waals surface area contributed by atoms with Crippen LogP contribution in [0.3, 0.4) is 0 Å². The quantitative estimate of drug-likeness (QED) is 0.567. The van der Waals surface area contributed by atoms with E-state index in [1.807, 2.05) is 6.07 Å². The summed E-state index contributed by atoms with van der Waals surface area (Å²) in [6.45, 7) is 0. The maximum Gasteiger partial charge on any atom is 0.266 e. The number of thioether (sulfide) groups is 1. The number of carbonyl (C=O) groups is 1. The summed E-state index contributed by atoms with van der Waals surface area (Å²) in [7, 11) is 0.0117. The van der Waals surface area contributed by atoms with Gasteiger partial charge in [0.25, 0.3) is 5.91 Å². The van der Waals surface area contributed by atoms with E-state index in [-0.39, 0.29) is 23.5 Å². The number of hydrogen-bond donors (Lipinski definition) is 0. The van der Waals surface area contributed by atoms with Crippen molar-refractivity contribution in [2.75, 3.05) is 25.7 Å². The first-order valence-corrected chi connectivity index (χ1v) is 10.6. The van der Waals surface area contributed by atoms with Crippen LogP contribution in [-0.4, -0.2) is 55.3 Å². The van der Waals surface area contributed by atoms with E-state index in [1.165, 1.54) is 16.7 Å². The zero-order valence-corrected chi connectivity index (χ0v) is 16.2. The molecule has 25 heavy (non-hydrogen) atoms. The third kappa shape index (κ3) is 3.68. The average Bonchev–Trinajstić information content (AvgIpc) is 3.06. The number of thiocarbonyl (C=S) groups is 1. The fraction of sp³-hybridized carbons (Fsp3) is 0.375. The molecule has 1 atom stereocenters. The Bertz CT molecular complexity index is 863. The van der Waals surface area contributed by atoms with Crippen LogP contribution in [0, 0.1) is 0 Å². The normalized spacial score (nSPS) is 24.2. The maximum atomic E-state index is 12.7. The van der Waals surface area contributed by atoms with E-state index in [9.17, 15) is 13.2 Å². The second kappa shape index (κ2) is 6.97. The molecule has 0 radical (unpaired) electrons. The number of sulfone groups is 1. The molecule has 0 aromatic heterocycles. The van der Waals surface area contributed by atoms with Gasteiger partial charge in [0, 0.05) is 0 Å². The molecule has 2 aliphatic heterocycles. The summed E-state index contributed by atoms with van der Waals surface area (Å²) in [6, 6.07) is 4.97. The molecule has 2 heterocycles. The number of rotatable bonds is 4. The molecule has 1 unspecified atom stereocenters. The smallest absolute Gasteiger partial charge is 0.266 e. The average molecular weight is 400 g/mol. The highest BCUT2D eigenvalue weighted by molar-refractivity contribution is 8.26. The van der Waals surface area contributed by atoms with Crippen LogP contribution in [0.4, 0.5) is 0 Å². The molecule has 0 spiro atoms. The van der Waals surface area contributed by atoms with E-state index in [1.54, 1.807) is 32.4 Å². The summed E-state index contributed by atoms with van der Waals surface area (Å²) in [6.07, 6.45) is 2.16. The lowest BCUT2D eigenvalue weighted by Crippen LogP contribution is -2.39. The lowest BCUT2D eigenvalue weighted by molar-refractivity contribution is -0.123. The lowest BCUT2D eigenvalue weighted by Gasteiger charge is -2.20. The zero-order valence-electron chi connectivity index (χ0n) is 13.7. The third-order valence-electron chi connectivity index (χ3n) is 4.10. The van der Waals surface area contributed by atoms with Gasteiger partial charge in [-0.1, -0.05) is 30.0 Å². The number of benzene rings is 1. The van der Waals surface area contributed by atoms with Gasteiger partial charge in [-0.05, 0) is 30.2 Å². The molecule has 1 amide bonds. The van der Waals surface area contributed by atoms with Crippen molar-refractivity contribution < 1.29 is 22.7 Å². The van der Waals surface area contributed by atoms with Crippen LogP contribution in [0.15, 0.2) is 23.1 Å². The van der Waals surface area contributed by atoms with Gasteiger partial charge in [-0.2, -0.15) is 0 Å². The number of ether oxygens (including phenoxy) is 2. The lowest BCUT2D eigenvalue weighted by atomic mass is 10.1. The largest absolute Gasteiger partial charge is 0.493 e. The Morgan fingerprint density at radius 1 is 1.28 bits per heavy atom. The molecule has 134 valence electrons. The van der Waals surface area contributed by atoms with Crippen molar-refractivity contribution in [3.8, 4) is 11.5 Å². The van der Waals surface area contributed by atoms with E-state index >= 15 is 0 Å². The first kappa shape index (κ1) is 18.2. The standard InChI is InChI=1S/C16H17NO5S3/c1-21-12-4-3-10(7-13(12)22-2)8-14-15(18)17(16(23)24-14)11-5-6-25(19,20)9-11/h3-4,7-8,11H,5-6,9H2,1-2H3/b14-8+. The molecular weight excluding hydrogens is 382 g/mol. The molecule has 6 nitrogen and oxygen atoms in total. The van der Waals surface area contributed by atoms with Gasteiger partial charge in [-0.3, -0.25) is 9.69 Å². The molecule has 2 saturated heterocycles. The van der Waals surface area contributed by atoms with Crippen molar-refractivity contribution in [1.82, 2.24) is 4.90 Å². The van der Waals surface area contributed by atoms with Crippen molar-refractivity contribution >= 4 is 50.1 Å².